The predicted molar refractivity (Wildman–Crippen MR) is 102 cm³/mol. The van der Waals surface area contributed by atoms with E-state index in [1.165, 1.54) is 17.0 Å². The van der Waals surface area contributed by atoms with Gasteiger partial charge in [-0.05, 0) is 30.0 Å². The Hall–Kier alpha value is -1.02. The Kier molecular flexibility index (Phi) is 4.79. The van der Waals surface area contributed by atoms with Crippen molar-refractivity contribution in [1.29, 1.82) is 0 Å². The average Bonchev–Trinajstić information content (AvgIpc) is 2.84. The monoisotopic (exact) mass is 432 g/mol. The van der Waals surface area contributed by atoms with Crippen molar-refractivity contribution < 1.29 is 23.0 Å². The molecule has 1 fully saturated rings. The second kappa shape index (κ2) is 6.24. The molecule has 8 radical (unpaired) electrons. The van der Waals surface area contributed by atoms with E-state index in [-0.39, 0.29) is 22.8 Å². The van der Waals surface area contributed by atoms with Gasteiger partial charge in [-0.2, -0.15) is 13.2 Å². The quantitative estimate of drug-likeness (QED) is 0.593. The molecule has 1 aliphatic rings. The summed E-state index contributed by atoms with van der Waals surface area (Å²) in [5.74, 6) is -0.287. The fraction of sp³-hybridized carbons (Fsp3) is 0.533. The highest BCUT2D eigenvalue weighted by atomic mass is 79.9. The smallest absolute Gasteiger partial charge is 0.418 e. The Bertz CT molecular complexity index is 872. The molecular weight excluding hydrogens is 420 g/mol. The Morgan fingerprint density at radius 2 is 1.85 bits per heavy atom. The number of ether oxygens (including phenoxy) is 1. The predicted octanol–water partition coefficient (Wildman–Crippen LogP) is 1.90. The van der Waals surface area contributed by atoms with Gasteiger partial charge >= 0.3 is 6.18 Å². The summed E-state index contributed by atoms with van der Waals surface area (Å²) >= 11 is 2.83. The van der Waals surface area contributed by atoms with Crippen LogP contribution < -0.4 is 4.74 Å². The van der Waals surface area contributed by atoms with Crippen molar-refractivity contribution in [1.82, 2.24) is 9.55 Å². The molecule has 4 nitrogen and oxygen atoms in total. The van der Waals surface area contributed by atoms with E-state index in [4.69, 9.17) is 36.1 Å². The van der Waals surface area contributed by atoms with E-state index < -0.39 is 26.9 Å². The number of rotatable bonds is 4. The first-order chi connectivity index (χ1) is 12.1. The van der Waals surface area contributed by atoms with Crippen molar-refractivity contribution in [2.75, 3.05) is 0 Å². The van der Waals surface area contributed by atoms with Gasteiger partial charge in [-0.1, -0.05) is 0 Å². The average molecular weight is 432 g/mol. The van der Waals surface area contributed by atoms with Crippen molar-refractivity contribution in [3.8, 4) is 5.75 Å². The number of nitrogens with zero attached hydrogens (tertiary/aromatic N) is 2. The Morgan fingerprint density at radius 3 is 2.33 bits per heavy atom. The minimum absolute atomic E-state index is 0.0383. The molecule has 0 saturated heterocycles. The molecular formula is C15H12B4BrF3N2O2. The van der Waals surface area contributed by atoms with E-state index in [1.807, 2.05) is 0 Å². The molecule has 0 spiro atoms. The fourth-order valence-corrected chi connectivity index (χ4v) is 3.20. The fourth-order valence-electron chi connectivity index (χ4n) is 3.12. The van der Waals surface area contributed by atoms with Crippen LogP contribution in [0, 0.1) is 0 Å². The topological polar surface area (TPSA) is 47.3 Å². The van der Waals surface area contributed by atoms with Crippen LogP contribution in [0.15, 0.2) is 18.5 Å². The third kappa shape index (κ3) is 3.92. The zero-order valence-electron chi connectivity index (χ0n) is 14.3. The maximum absolute atomic E-state index is 13.7. The summed E-state index contributed by atoms with van der Waals surface area (Å²) in [5, 5.41) is 7.70. The molecule has 1 aromatic carbocycles. The summed E-state index contributed by atoms with van der Waals surface area (Å²) < 4.78 is 45.8. The molecule has 1 saturated carbocycles. The number of aromatic nitrogens is 2. The van der Waals surface area contributed by atoms with Gasteiger partial charge in [0.05, 0.1) is 44.2 Å². The first kappa shape index (κ1) is 20.7. The van der Waals surface area contributed by atoms with Crippen molar-refractivity contribution in [3.05, 3.63) is 24.0 Å². The molecule has 0 bridgehead atoms. The largest absolute Gasteiger partial charge is 0.507 e. The van der Waals surface area contributed by atoms with Gasteiger partial charge in [0.2, 0.25) is 0 Å². The molecule has 1 aromatic heterocycles. The van der Waals surface area contributed by atoms with Gasteiger partial charge in [-0.15, -0.1) is 15.9 Å². The molecule has 12 heteroatoms. The van der Waals surface area contributed by atoms with Gasteiger partial charge in [0, 0.05) is 17.5 Å². The molecule has 1 N–H and O–H groups in total. The lowest BCUT2D eigenvalue weighted by Crippen LogP contribution is -2.56. The zero-order valence-corrected chi connectivity index (χ0v) is 15.9. The molecule has 1 heterocycles. The summed E-state index contributed by atoms with van der Waals surface area (Å²) in [7, 11) is 22.4. The highest BCUT2D eigenvalue weighted by molar-refractivity contribution is 9.11. The number of fused-ring (bicyclic) bond motifs is 1. The van der Waals surface area contributed by atoms with Crippen molar-refractivity contribution in [2.45, 2.75) is 47.1 Å². The van der Waals surface area contributed by atoms with Gasteiger partial charge in [-0.3, -0.25) is 0 Å². The first-order valence-electron chi connectivity index (χ1n) is 7.94. The van der Waals surface area contributed by atoms with Gasteiger partial charge in [-0.25, -0.2) is 4.98 Å². The van der Waals surface area contributed by atoms with Crippen LogP contribution in [0.3, 0.4) is 0 Å². The Balaban J connectivity index is 2.08. The van der Waals surface area contributed by atoms with Crippen LogP contribution >= 0.6 is 15.9 Å². The van der Waals surface area contributed by atoms with E-state index >= 15 is 0 Å². The number of hydrogen-bond donors (Lipinski definition) is 1. The van der Waals surface area contributed by atoms with Gasteiger partial charge < -0.3 is 14.4 Å². The summed E-state index contributed by atoms with van der Waals surface area (Å²) in [5.41, 5.74) is -1.94. The van der Waals surface area contributed by atoms with Crippen LogP contribution in [0.4, 0.5) is 13.2 Å². The Labute approximate surface area is 168 Å². The number of alkyl halides is 4. The van der Waals surface area contributed by atoms with E-state index in [2.05, 4.69) is 20.9 Å². The van der Waals surface area contributed by atoms with Crippen LogP contribution in [-0.2, 0) is 6.18 Å². The second-order valence-corrected chi connectivity index (χ2v) is 8.52. The molecule has 0 aliphatic heterocycles. The van der Waals surface area contributed by atoms with Crippen molar-refractivity contribution in [2.24, 2.45) is 0 Å². The molecule has 0 amide bonds. The molecule has 3 rings (SSSR count). The lowest BCUT2D eigenvalue weighted by molar-refractivity contribution is -0.136. The van der Waals surface area contributed by atoms with Crippen LogP contribution in [0.5, 0.6) is 5.75 Å². The minimum Gasteiger partial charge on any atom is -0.507 e. The molecule has 134 valence electrons. The van der Waals surface area contributed by atoms with Crippen molar-refractivity contribution in [3.63, 3.8) is 0 Å². The number of benzene rings is 1. The summed E-state index contributed by atoms with van der Waals surface area (Å²) in [6.07, 6.45) is -2.73. The normalized spacial score (nSPS) is 24.0. The summed E-state index contributed by atoms with van der Waals surface area (Å²) in [4.78, 5) is 4.04. The lowest BCUT2D eigenvalue weighted by Gasteiger charge is -2.42. The second-order valence-electron chi connectivity index (χ2n) is 7.21. The molecule has 0 atom stereocenters. The van der Waals surface area contributed by atoms with Gasteiger partial charge in [0.15, 0.2) is 0 Å². The molecule has 27 heavy (non-hydrogen) atoms. The zero-order chi connectivity index (χ0) is 20.4. The van der Waals surface area contributed by atoms with Gasteiger partial charge in [0.1, 0.15) is 21.4 Å². The van der Waals surface area contributed by atoms with Crippen molar-refractivity contribution >= 4 is 58.3 Å². The summed E-state index contributed by atoms with van der Waals surface area (Å²) in [6, 6.07) is 1.75. The number of hydrogen-bond acceptors (Lipinski definition) is 3. The highest BCUT2D eigenvalue weighted by Crippen LogP contribution is 2.45. The molecule has 2 aromatic rings. The Morgan fingerprint density at radius 1 is 1.26 bits per heavy atom. The lowest BCUT2D eigenvalue weighted by atomic mass is 9.45. The minimum atomic E-state index is -4.69. The van der Waals surface area contributed by atoms with E-state index in [9.17, 15) is 18.3 Å². The maximum atomic E-state index is 13.7. The van der Waals surface area contributed by atoms with Crippen LogP contribution in [-0.4, -0.2) is 61.2 Å². The standard InChI is InChI=1S/C15H12B4BrF3N2O2/c1-12(26)4-7(5-12)25-6-24-10-3-8(27-15(18,19)14(16,17)20)2-9(11(10)25)13(21,22)23/h2-3,6-7,26H,4-5H2,1H3. The number of imidazole rings is 1. The summed E-state index contributed by atoms with van der Waals surface area (Å²) in [6.45, 7) is 1.63. The maximum Gasteiger partial charge on any atom is 0.418 e. The third-order valence-electron chi connectivity index (χ3n) is 4.58. The van der Waals surface area contributed by atoms with Crippen LogP contribution in [0.1, 0.15) is 31.4 Å². The van der Waals surface area contributed by atoms with Gasteiger partial charge in [0.25, 0.3) is 0 Å². The third-order valence-corrected chi connectivity index (χ3v) is 5.20. The van der Waals surface area contributed by atoms with Crippen LogP contribution in [0.25, 0.3) is 11.0 Å². The van der Waals surface area contributed by atoms with E-state index in [0.29, 0.717) is 12.8 Å². The number of aliphatic hydroxyl groups is 1. The van der Waals surface area contributed by atoms with E-state index in [1.54, 1.807) is 6.92 Å². The number of halogens is 4. The SMILES string of the molecule is [B]C([B])(Br)C([B])([B])Oc1cc(C(F)(F)F)c2c(c1)ncn2C1CC(C)(O)C1. The first-order valence-corrected chi connectivity index (χ1v) is 8.74. The van der Waals surface area contributed by atoms with Crippen LogP contribution in [0.2, 0.25) is 0 Å². The van der Waals surface area contributed by atoms with E-state index in [0.717, 1.165) is 6.07 Å². The molecule has 1 aliphatic carbocycles. The highest BCUT2D eigenvalue weighted by Gasteiger charge is 2.42. The molecule has 0 unspecified atom stereocenters.